The zero-order valence-corrected chi connectivity index (χ0v) is 6.52. The van der Waals surface area contributed by atoms with Gasteiger partial charge >= 0.3 is 18.9 Å². The first kappa shape index (κ1) is 11.7. The molecule has 0 amide bonds. The number of hydrogen-bond acceptors (Lipinski definition) is 2. The first-order valence-corrected chi connectivity index (χ1v) is 2.63. The molecule has 0 bridgehead atoms. The fourth-order valence-corrected chi connectivity index (χ4v) is 0.319. The topological polar surface area (TPSA) is 26.3 Å². The molecule has 0 unspecified atom stereocenters. The van der Waals surface area contributed by atoms with E-state index < -0.39 is 0 Å². The zero-order valence-electron chi connectivity index (χ0n) is 6.52. The standard InChI is InChI=1S/C6H11O2.Li/c1-4-5(2)6(7)8-3;/h4H2,1-3H3;/q-1;+1. The van der Waals surface area contributed by atoms with Crippen LogP contribution in [0, 0.1) is 5.92 Å². The van der Waals surface area contributed by atoms with E-state index in [1.54, 1.807) is 6.92 Å². The Morgan fingerprint density at radius 2 is 2.11 bits per heavy atom. The first-order chi connectivity index (χ1) is 3.72. The van der Waals surface area contributed by atoms with Gasteiger partial charge in [0, 0.05) is 0 Å². The van der Waals surface area contributed by atoms with Crippen molar-refractivity contribution in [2.24, 2.45) is 0 Å². The predicted octanol–water partition coefficient (Wildman–Crippen LogP) is -1.83. The molecule has 0 rings (SSSR count). The third-order valence-corrected chi connectivity index (χ3v) is 1.06. The summed E-state index contributed by atoms with van der Waals surface area (Å²) in [5.74, 6) is 0.569. The van der Waals surface area contributed by atoms with Gasteiger partial charge < -0.3 is 4.74 Å². The van der Waals surface area contributed by atoms with Crippen LogP contribution in [0.5, 0.6) is 0 Å². The molecule has 48 valence electrons. The van der Waals surface area contributed by atoms with E-state index in [9.17, 15) is 4.79 Å². The van der Waals surface area contributed by atoms with Crippen molar-refractivity contribution in [2.45, 2.75) is 20.3 Å². The summed E-state index contributed by atoms with van der Waals surface area (Å²) in [5.41, 5.74) is 0. The number of esters is 1. The Labute approximate surface area is 68.1 Å². The smallest absolute Gasteiger partial charge is 0.491 e. The molecular weight excluding hydrogens is 111 g/mol. The third kappa shape index (κ3) is 4.44. The number of rotatable bonds is 2. The van der Waals surface area contributed by atoms with Crippen molar-refractivity contribution in [3.8, 4) is 0 Å². The molecule has 0 saturated heterocycles. The van der Waals surface area contributed by atoms with Gasteiger partial charge in [-0.05, 0) is 0 Å². The van der Waals surface area contributed by atoms with Crippen LogP contribution in [0.3, 0.4) is 0 Å². The van der Waals surface area contributed by atoms with Gasteiger partial charge in [0.2, 0.25) is 0 Å². The molecule has 0 aliphatic rings. The fraction of sp³-hybridized carbons (Fsp3) is 0.667. The summed E-state index contributed by atoms with van der Waals surface area (Å²) in [6, 6.07) is 0. The van der Waals surface area contributed by atoms with Crippen molar-refractivity contribution in [1.82, 2.24) is 0 Å². The van der Waals surface area contributed by atoms with Crippen LogP contribution >= 0.6 is 0 Å². The van der Waals surface area contributed by atoms with Gasteiger partial charge in [0.05, 0.1) is 7.11 Å². The summed E-state index contributed by atoms with van der Waals surface area (Å²) < 4.78 is 4.43. The Balaban J connectivity index is 0. The van der Waals surface area contributed by atoms with Crippen LogP contribution in [0.1, 0.15) is 20.3 Å². The Hall–Kier alpha value is -0.0626. The van der Waals surface area contributed by atoms with Crippen molar-refractivity contribution in [3.05, 3.63) is 5.92 Å². The molecule has 0 saturated carbocycles. The second kappa shape index (κ2) is 6.06. The summed E-state index contributed by atoms with van der Waals surface area (Å²) in [4.78, 5) is 10.5. The molecule has 0 radical (unpaired) electrons. The van der Waals surface area contributed by atoms with E-state index in [1.807, 2.05) is 6.92 Å². The largest absolute Gasteiger partial charge is 1.00 e. The molecule has 0 aromatic heterocycles. The third-order valence-electron chi connectivity index (χ3n) is 1.06. The average Bonchev–Trinajstić information content (AvgIpc) is 1.84. The number of ether oxygens (including phenoxy) is 1. The van der Waals surface area contributed by atoms with E-state index >= 15 is 0 Å². The Bertz CT molecular complexity index is 83.1. The van der Waals surface area contributed by atoms with E-state index in [0.29, 0.717) is 0 Å². The summed E-state index contributed by atoms with van der Waals surface area (Å²) in [6.07, 6.45) is 0.771. The zero-order chi connectivity index (χ0) is 6.57. The van der Waals surface area contributed by atoms with Gasteiger partial charge in [0.15, 0.2) is 5.97 Å². The van der Waals surface area contributed by atoms with Gasteiger partial charge in [-0.3, -0.25) is 10.7 Å². The van der Waals surface area contributed by atoms with E-state index in [-0.39, 0.29) is 24.8 Å². The SMILES string of the molecule is CC[C-](C)C(=O)OC.[Li+]. The second-order valence-corrected chi connectivity index (χ2v) is 1.63. The summed E-state index contributed by atoms with van der Waals surface area (Å²) >= 11 is 0. The van der Waals surface area contributed by atoms with Crippen LogP contribution in [0.25, 0.3) is 0 Å². The van der Waals surface area contributed by atoms with E-state index in [1.165, 1.54) is 7.11 Å². The number of carbonyl (C=O) groups excluding carboxylic acids is 1. The summed E-state index contributed by atoms with van der Waals surface area (Å²) in [5, 5.41) is 0. The predicted molar refractivity (Wildman–Crippen MR) is 31.2 cm³/mol. The minimum absolute atomic E-state index is 0. The number of methoxy groups -OCH3 is 1. The van der Waals surface area contributed by atoms with Crippen molar-refractivity contribution in [3.63, 3.8) is 0 Å². The van der Waals surface area contributed by atoms with Crippen molar-refractivity contribution >= 4 is 5.97 Å². The molecule has 0 N–H and O–H groups in total. The second-order valence-electron chi connectivity index (χ2n) is 1.63. The monoisotopic (exact) mass is 122 g/mol. The molecule has 0 aliphatic heterocycles. The Morgan fingerprint density at radius 1 is 1.67 bits per heavy atom. The molecule has 9 heavy (non-hydrogen) atoms. The molecule has 0 heterocycles. The minimum atomic E-state index is -0.201. The van der Waals surface area contributed by atoms with E-state index in [4.69, 9.17) is 0 Å². The summed E-state index contributed by atoms with van der Waals surface area (Å²) in [6.45, 7) is 3.69. The van der Waals surface area contributed by atoms with Crippen LogP contribution < -0.4 is 18.9 Å². The molecule has 2 nitrogen and oxygen atoms in total. The van der Waals surface area contributed by atoms with Gasteiger partial charge in [0.25, 0.3) is 0 Å². The van der Waals surface area contributed by atoms with Gasteiger partial charge in [-0.1, -0.05) is 6.92 Å². The van der Waals surface area contributed by atoms with Crippen LogP contribution in [0.15, 0.2) is 0 Å². The van der Waals surface area contributed by atoms with Gasteiger partial charge in [-0.15, -0.1) is 0 Å². The quantitative estimate of drug-likeness (QED) is 0.244. The molecule has 0 atom stereocenters. The minimum Gasteiger partial charge on any atom is -0.491 e. The molecule has 0 fully saturated rings. The van der Waals surface area contributed by atoms with Crippen molar-refractivity contribution in [2.75, 3.05) is 7.11 Å². The summed E-state index contributed by atoms with van der Waals surface area (Å²) in [7, 11) is 1.39. The van der Waals surface area contributed by atoms with Crippen LogP contribution in [0.2, 0.25) is 0 Å². The van der Waals surface area contributed by atoms with Crippen molar-refractivity contribution < 1.29 is 28.4 Å². The van der Waals surface area contributed by atoms with Crippen molar-refractivity contribution in [1.29, 1.82) is 0 Å². The molecule has 0 aliphatic carbocycles. The Morgan fingerprint density at radius 3 is 2.22 bits per heavy atom. The van der Waals surface area contributed by atoms with E-state index in [2.05, 4.69) is 4.74 Å². The van der Waals surface area contributed by atoms with Gasteiger partial charge in [0.1, 0.15) is 0 Å². The van der Waals surface area contributed by atoms with E-state index in [0.717, 1.165) is 12.3 Å². The maximum Gasteiger partial charge on any atom is 1.00 e. The van der Waals surface area contributed by atoms with Gasteiger partial charge in [-0.2, -0.15) is 13.3 Å². The first-order valence-electron chi connectivity index (χ1n) is 2.63. The molecule has 0 aromatic rings. The van der Waals surface area contributed by atoms with Gasteiger partial charge in [-0.25, -0.2) is 0 Å². The average molecular weight is 122 g/mol. The maximum atomic E-state index is 10.5. The molecular formula is C6H11LiO2. The maximum absolute atomic E-state index is 10.5. The molecule has 0 aromatic carbocycles. The van der Waals surface area contributed by atoms with Crippen LogP contribution in [0.4, 0.5) is 0 Å². The Kier molecular flexibility index (Phi) is 7.88. The molecule has 0 spiro atoms. The van der Waals surface area contributed by atoms with Crippen LogP contribution in [-0.2, 0) is 9.53 Å². The fourth-order valence-electron chi connectivity index (χ4n) is 0.319. The molecule has 3 heteroatoms. The normalized spacial score (nSPS) is 7.44. The number of hydrogen-bond donors (Lipinski definition) is 0. The number of carbonyl (C=O) groups is 1. The van der Waals surface area contributed by atoms with Crippen LogP contribution in [-0.4, -0.2) is 13.1 Å².